The summed E-state index contributed by atoms with van der Waals surface area (Å²) in [6.45, 7) is 6.24. The first-order valence-electron chi connectivity index (χ1n) is 7.65. The standard InChI is InChI=1S/C18H24N2OS/c1-12(2)11-14-6-8-15(9-7-14)17(16-5-4-10-22-16)20-13(3)18(19)21/h4-10,12-13,17,20H,11H2,1-3H3,(H2,19,21)/t13-,17+/m0/s1. The van der Waals surface area contributed by atoms with Gasteiger partial charge in [-0.1, -0.05) is 44.2 Å². The van der Waals surface area contributed by atoms with Gasteiger partial charge in [0.15, 0.2) is 0 Å². The third-order valence-corrected chi connectivity index (χ3v) is 4.57. The van der Waals surface area contributed by atoms with Gasteiger partial charge in [0.05, 0.1) is 12.1 Å². The third kappa shape index (κ3) is 4.42. The van der Waals surface area contributed by atoms with Crippen molar-refractivity contribution in [2.75, 3.05) is 0 Å². The van der Waals surface area contributed by atoms with Crippen LogP contribution in [-0.2, 0) is 11.2 Å². The van der Waals surface area contributed by atoms with Gasteiger partial charge in [-0.3, -0.25) is 10.1 Å². The molecule has 0 spiro atoms. The summed E-state index contributed by atoms with van der Waals surface area (Å²) in [5.74, 6) is 0.310. The molecule has 0 bridgehead atoms. The van der Waals surface area contributed by atoms with Gasteiger partial charge < -0.3 is 5.73 Å². The lowest BCUT2D eigenvalue weighted by Crippen LogP contribution is -2.40. The molecule has 0 aliphatic rings. The van der Waals surface area contributed by atoms with Crippen molar-refractivity contribution in [3.63, 3.8) is 0 Å². The molecule has 1 amide bonds. The average Bonchev–Trinajstić information content (AvgIpc) is 2.98. The highest BCUT2D eigenvalue weighted by Crippen LogP contribution is 2.27. The summed E-state index contributed by atoms with van der Waals surface area (Å²) in [7, 11) is 0. The normalized spacial score (nSPS) is 14.0. The highest BCUT2D eigenvalue weighted by atomic mass is 32.1. The maximum atomic E-state index is 11.4. The smallest absolute Gasteiger partial charge is 0.234 e. The molecule has 1 aromatic carbocycles. The van der Waals surface area contributed by atoms with Crippen molar-refractivity contribution in [3.8, 4) is 0 Å². The predicted octanol–water partition coefficient (Wildman–Crippen LogP) is 3.50. The SMILES string of the molecule is CC(C)Cc1ccc([C@@H](N[C@@H](C)C(N)=O)c2cccs2)cc1. The Morgan fingerprint density at radius 2 is 1.86 bits per heavy atom. The van der Waals surface area contributed by atoms with Crippen LogP contribution in [-0.4, -0.2) is 11.9 Å². The van der Waals surface area contributed by atoms with E-state index < -0.39 is 0 Å². The number of carbonyl (C=O) groups is 1. The molecule has 0 aliphatic heterocycles. The third-order valence-electron chi connectivity index (χ3n) is 3.63. The van der Waals surface area contributed by atoms with Crippen molar-refractivity contribution in [2.45, 2.75) is 39.3 Å². The summed E-state index contributed by atoms with van der Waals surface area (Å²) in [4.78, 5) is 12.6. The van der Waals surface area contributed by atoms with Gasteiger partial charge in [-0.05, 0) is 41.8 Å². The van der Waals surface area contributed by atoms with E-state index in [0.717, 1.165) is 12.0 Å². The minimum absolute atomic E-state index is 0.00407. The maximum absolute atomic E-state index is 11.4. The molecule has 1 aromatic heterocycles. The number of amides is 1. The van der Waals surface area contributed by atoms with Crippen LogP contribution in [0.3, 0.4) is 0 Å². The highest BCUT2D eigenvalue weighted by molar-refractivity contribution is 7.10. The number of benzene rings is 1. The lowest BCUT2D eigenvalue weighted by atomic mass is 9.98. The molecule has 0 fully saturated rings. The lowest BCUT2D eigenvalue weighted by Gasteiger charge is -2.21. The van der Waals surface area contributed by atoms with Gasteiger partial charge in [0.25, 0.3) is 0 Å². The van der Waals surface area contributed by atoms with Crippen molar-refractivity contribution in [3.05, 3.63) is 57.8 Å². The monoisotopic (exact) mass is 316 g/mol. The van der Waals surface area contributed by atoms with Gasteiger partial charge in [-0.15, -0.1) is 11.3 Å². The number of hydrogen-bond acceptors (Lipinski definition) is 3. The summed E-state index contributed by atoms with van der Waals surface area (Å²) in [5.41, 5.74) is 7.89. The topological polar surface area (TPSA) is 55.1 Å². The number of thiophene rings is 1. The Morgan fingerprint density at radius 3 is 2.36 bits per heavy atom. The summed E-state index contributed by atoms with van der Waals surface area (Å²) in [6.07, 6.45) is 1.08. The van der Waals surface area contributed by atoms with Crippen LogP contribution in [0.1, 0.15) is 42.8 Å². The zero-order valence-electron chi connectivity index (χ0n) is 13.4. The number of rotatable bonds is 7. The summed E-state index contributed by atoms with van der Waals surface area (Å²) in [5, 5.41) is 5.38. The van der Waals surface area contributed by atoms with Crippen LogP contribution in [0, 0.1) is 5.92 Å². The van der Waals surface area contributed by atoms with Gasteiger partial charge in [0, 0.05) is 4.88 Å². The first kappa shape index (κ1) is 16.7. The Morgan fingerprint density at radius 1 is 1.18 bits per heavy atom. The van der Waals surface area contributed by atoms with Crippen LogP contribution in [0.5, 0.6) is 0 Å². The minimum atomic E-state index is -0.373. The minimum Gasteiger partial charge on any atom is -0.368 e. The van der Waals surface area contributed by atoms with E-state index in [1.165, 1.54) is 10.4 Å². The van der Waals surface area contributed by atoms with Gasteiger partial charge in [-0.2, -0.15) is 0 Å². The molecule has 0 aliphatic carbocycles. The zero-order valence-corrected chi connectivity index (χ0v) is 14.2. The van der Waals surface area contributed by atoms with E-state index >= 15 is 0 Å². The molecule has 2 rings (SSSR count). The van der Waals surface area contributed by atoms with Gasteiger partial charge >= 0.3 is 0 Å². The Balaban J connectivity index is 2.23. The molecule has 118 valence electrons. The average molecular weight is 316 g/mol. The Hall–Kier alpha value is -1.65. The van der Waals surface area contributed by atoms with Gasteiger partial charge in [0.1, 0.15) is 0 Å². The second-order valence-corrected chi connectivity index (χ2v) is 7.06. The number of hydrogen-bond donors (Lipinski definition) is 2. The van der Waals surface area contributed by atoms with Crippen molar-refractivity contribution < 1.29 is 4.79 Å². The molecule has 22 heavy (non-hydrogen) atoms. The van der Waals surface area contributed by atoms with E-state index in [1.807, 2.05) is 11.4 Å². The largest absolute Gasteiger partial charge is 0.368 e. The number of nitrogens with two attached hydrogens (primary N) is 1. The molecular weight excluding hydrogens is 292 g/mol. The van der Waals surface area contributed by atoms with Gasteiger partial charge in [-0.25, -0.2) is 0 Å². The number of carbonyl (C=O) groups excluding carboxylic acids is 1. The van der Waals surface area contributed by atoms with Crippen molar-refractivity contribution in [1.82, 2.24) is 5.32 Å². The molecular formula is C18H24N2OS. The molecule has 2 aromatic rings. The van der Waals surface area contributed by atoms with Crippen molar-refractivity contribution >= 4 is 17.2 Å². The molecule has 3 N–H and O–H groups in total. The molecule has 0 radical (unpaired) electrons. The van der Waals surface area contributed by atoms with Gasteiger partial charge in [0.2, 0.25) is 5.91 Å². The van der Waals surface area contributed by atoms with E-state index in [0.29, 0.717) is 5.92 Å². The molecule has 0 unspecified atom stereocenters. The molecule has 4 heteroatoms. The highest BCUT2D eigenvalue weighted by Gasteiger charge is 2.20. The molecule has 3 nitrogen and oxygen atoms in total. The fourth-order valence-corrected chi connectivity index (χ4v) is 3.26. The van der Waals surface area contributed by atoms with E-state index in [9.17, 15) is 4.79 Å². The number of nitrogens with one attached hydrogen (secondary N) is 1. The van der Waals surface area contributed by atoms with Crippen LogP contribution in [0.15, 0.2) is 41.8 Å². The van der Waals surface area contributed by atoms with Crippen LogP contribution in [0.2, 0.25) is 0 Å². The summed E-state index contributed by atoms with van der Waals surface area (Å²) >= 11 is 1.68. The van der Waals surface area contributed by atoms with E-state index in [-0.39, 0.29) is 18.0 Å². The van der Waals surface area contributed by atoms with Crippen molar-refractivity contribution in [2.24, 2.45) is 11.7 Å². The fraction of sp³-hybridized carbons (Fsp3) is 0.389. The first-order valence-corrected chi connectivity index (χ1v) is 8.53. The fourth-order valence-electron chi connectivity index (χ4n) is 2.45. The van der Waals surface area contributed by atoms with E-state index in [4.69, 9.17) is 5.73 Å². The second kappa shape index (κ2) is 7.56. The predicted molar refractivity (Wildman–Crippen MR) is 92.9 cm³/mol. The Kier molecular flexibility index (Phi) is 5.75. The maximum Gasteiger partial charge on any atom is 0.234 e. The second-order valence-electron chi connectivity index (χ2n) is 6.08. The number of primary amides is 1. The van der Waals surface area contributed by atoms with Crippen molar-refractivity contribution in [1.29, 1.82) is 0 Å². The first-order chi connectivity index (χ1) is 10.5. The van der Waals surface area contributed by atoms with Crippen LogP contribution >= 0.6 is 11.3 Å². The molecule has 1 heterocycles. The molecule has 2 atom stereocenters. The molecule has 0 saturated heterocycles. The summed E-state index contributed by atoms with van der Waals surface area (Å²) in [6, 6.07) is 12.4. The van der Waals surface area contributed by atoms with E-state index in [1.54, 1.807) is 18.3 Å². The lowest BCUT2D eigenvalue weighted by molar-refractivity contribution is -0.119. The Labute approximate surface area is 136 Å². The quantitative estimate of drug-likeness (QED) is 0.821. The van der Waals surface area contributed by atoms with Crippen LogP contribution in [0.4, 0.5) is 0 Å². The van der Waals surface area contributed by atoms with Crippen LogP contribution in [0.25, 0.3) is 0 Å². The van der Waals surface area contributed by atoms with Crippen LogP contribution < -0.4 is 11.1 Å². The summed E-state index contributed by atoms with van der Waals surface area (Å²) < 4.78 is 0. The zero-order chi connectivity index (χ0) is 16.1. The molecule has 0 saturated carbocycles. The Bertz CT molecular complexity index is 590. The van der Waals surface area contributed by atoms with E-state index in [2.05, 4.69) is 49.5 Å².